The lowest BCUT2D eigenvalue weighted by Crippen LogP contribution is -2.04. The third-order valence-electron chi connectivity index (χ3n) is 4.25. The van der Waals surface area contributed by atoms with Crippen molar-refractivity contribution >= 4 is 5.97 Å². The van der Waals surface area contributed by atoms with Crippen molar-refractivity contribution in [2.24, 2.45) is 0 Å². The number of carbonyl (C=O) groups excluding carboxylic acids is 1. The van der Waals surface area contributed by atoms with Gasteiger partial charge in [-0.3, -0.25) is 4.89 Å². The first kappa shape index (κ1) is 22.4. The van der Waals surface area contributed by atoms with Crippen molar-refractivity contribution in [3.8, 4) is 0 Å². The Morgan fingerprint density at radius 2 is 1.00 bits per heavy atom. The van der Waals surface area contributed by atoms with Gasteiger partial charge in [0.25, 0.3) is 0 Å². The largest absolute Gasteiger partial charge is 0.342 e. The summed E-state index contributed by atoms with van der Waals surface area (Å²) in [6.45, 7) is 4.50. The van der Waals surface area contributed by atoms with Crippen molar-refractivity contribution in [2.45, 2.75) is 117 Å². The summed E-state index contributed by atoms with van der Waals surface area (Å²) in [7, 11) is 0. The van der Waals surface area contributed by atoms with E-state index >= 15 is 0 Å². The first-order chi connectivity index (χ1) is 11.3. The summed E-state index contributed by atoms with van der Waals surface area (Å²) in [6.07, 6.45) is 20.5. The third kappa shape index (κ3) is 19.4. The van der Waals surface area contributed by atoms with Crippen LogP contribution in [0.5, 0.6) is 0 Å². The molecular weight excluding hydrogens is 288 g/mol. The van der Waals surface area contributed by atoms with Crippen molar-refractivity contribution < 1.29 is 14.6 Å². The lowest BCUT2D eigenvalue weighted by Gasteiger charge is -2.03. The van der Waals surface area contributed by atoms with Crippen LogP contribution < -0.4 is 0 Å². The van der Waals surface area contributed by atoms with Gasteiger partial charge in [-0.05, 0) is 13.3 Å². The van der Waals surface area contributed by atoms with E-state index in [0.29, 0.717) is 13.0 Å². The fourth-order valence-electron chi connectivity index (χ4n) is 2.81. The van der Waals surface area contributed by atoms with Gasteiger partial charge < -0.3 is 0 Å². The minimum Gasteiger partial charge on any atom is -0.298 e. The first-order valence-corrected chi connectivity index (χ1v) is 10.1. The van der Waals surface area contributed by atoms with Gasteiger partial charge in [-0.2, -0.15) is 4.89 Å². The fourth-order valence-corrected chi connectivity index (χ4v) is 2.81. The molecule has 0 unspecified atom stereocenters. The molecule has 0 aromatic carbocycles. The maximum Gasteiger partial charge on any atom is 0.342 e. The van der Waals surface area contributed by atoms with Crippen molar-refractivity contribution in [3.63, 3.8) is 0 Å². The molecule has 0 amide bonds. The molecule has 3 nitrogen and oxygen atoms in total. The molecule has 23 heavy (non-hydrogen) atoms. The van der Waals surface area contributed by atoms with Gasteiger partial charge in [0.2, 0.25) is 0 Å². The van der Waals surface area contributed by atoms with E-state index in [0.717, 1.165) is 12.8 Å². The molecule has 0 aliphatic carbocycles. The van der Waals surface area contributed by atoms with Gasteiger partial charge in [-0.15, -0.1) is 0 Å². The highest BCUT2D eigenvalue weighted by Crippen LogP contribution is 2.13. The Bertz CT molecular complexity index is 241. The average molecular weight is 329 g/mol. The Balaban J connectivity index is 3.04. The molecule has 0 aromatic rings. The molecule has 0 heterocycles. The van der Waals surface area contributed by atoms with Crippen LogP contribution in [0.1, 0.15) is 117 Å². The van der Waals surface area contributed by atoms with E-state index in [9.17, 15) is 4.79 Å². The van der Waals surface area contributed by atoms with Crippen LogP contribution in [-0.2, 0) is 14.6 Å². The predicted octanol–water partition coefficient (Wildman–Crippen LogP) is 6.74. The highest BCUT2D eigenvalue weighted by Gasteiger charge is 2.02. The molecule has 0 bridgehead atoms. The summed E-state index contributed by atoms with van der Waals surface area (Å²) >= 11 is 0. The minimum atomic E-state index is -0.235. The van der Waals surface area contributed by atoms with Crippen molar-refractivity contribution in [2.75, 3.05) is 6.61 Å². The Hall–Kier alpha value is -0.570. The molecule has 0 atom stereocenters. The SMILES string of the molecule is CCCCCCCCCCCCCCCCCC(=O)OOCC. The molecule has 0 saturated carbocycles. The molecule has 0 spiro atoms. The van der Waals surface area contributed by atoms with Crippen LogP contribution in [0.2, 0.25) is 0 Å². The quantitative estimate of drug-likeness (QED) is 0.159. The zero-order chi connectivity index (χ0) is 17.0. The van der Waals surface area contributed by atoms with Crippen molar-refractivity contribution in [3.05, 3.63) is 0 Å². The smallest absolute Gasteiger partial charge is 0.298 e. The molecule has 0 N–H and O–H groups in total. The van der Waals surface area contributed by atoms with E-state index in [-0.39, 0.29) is 5.97 Å². The van der Waals surface area contributed by atoms with Crippen LogP contribution >= 0.6 is 0 Å². The number of hydrogen-bond acceptors (Lipinski definition) is 3. The highest BCUT2D eigenvalue weighted by atomic mass is 17.2. The van der Waals surface area contributed by atoms with E-state index in [2.05, 4.69) is 16.7 Å². The first-order valence-electron chi connectivity index (χ1n) is 10.1. The molecule has 0 rings (SSSR count). The highest BCUT2D eigenvalue weighted by molar-refractivity contribution is 5.68. The molecular formula is C20H40O3. The summed E-state index contributed by atoms with van der Waals surface area (Å²) in [5.41, 5.74) is 0. The van der Waals surface area contributed by atoms with E-state index in [1.165, 1.54) is 83.5 Å². The molecule has 0 saturated heterocycles. The number of rotatable bonds is 18. The zero-order valence-corrected chi connectivity index (χ0v) is 15.7. The second-order valence-corrected chi connectivity index (χ2v) is 6.56. The van der Waals surface area contributed by atoms with Crippen LogP contribution in [0.25, 0.3) is 0 Å². The van der Waals surface area contributed by atoms with Gasteiger partial charge in [0.15, 0.2) is 0 Å². The van der Waals surface area contributed by atoms with Gasteiger partial charge >= 0.3 is 5.97 Å². The topological polar surface area (TPSA) is 35.5 Å². The van der Waals surface area contributed by atoms with Crippen LogP contribution in [0.4, 0.5) is 0 Å². The zero-order valence-electron chi connectivity index (χ0n) is 15.7. The van der Waals surface area contributed by atoms with E-state index < -0.39 is 0 Å². The van der Waals surface area contributed by atoms with Gasteiger partial charge in [-0.25, -0.2) is 4.79 Å². The summed E-state index contributed by atoms with van der Waals surface area (Å²) in [4.78, 5) is 20.4. The maximum absolute atomic E-state index is 11.2. The van der Waals surface area contributed by atoms with E-state index in [4.69, 9.17) is 0 Å². The monoisotopic (exact) mass is 328 g/mol. The molecule has 0 aromatic heterocycles. The average Bonchev–Trinajstić information content (AvgIpc) is 2.56. The lowest BCUT2D eigenvalue weighted by atomic mass is 10.0. The number of unbranched alkanes of at least 4 members (excludes halogenated alkanes) is 14. The van der Waals surface area contributed by atoms with Crippen LogP contribution in [0.15, 0.2) is 0 Å². The molecule has 0 aliphatic heterocycles. The van der Waals surface area contributed by atoms with Gasteiger partial charge in [0, 0.05) is 6.42 Å². The molecule has 3 heteroatoms. The Morgan fingerprint density at radius 1 is 0.609 bits per heavy atom. The van der Waals surface area contributed by atoms with Gasteiger partial charge in [0.05, 0.1) is 6.61 Å². The van der Waals surface area contributed by atoms with Crippen molar-refractivity contribution in [1.29, 1.82) is 0 Å². The van der Waals surface area contributed by atoms with E-state index in [1.54, 1.807) is 6.92 Å². The molecule has 0 radical (unpaired) electrons. The van der Waals surface area contributed by atoms with E-state index in [1.807, 2.05) is 0 Å². The van der Waals surface area contributed by atoms with Gasteiger partial charge in [0.1, 0.15) is 0 Å². The Kier molecular flexibility index (Phi) is 19.0. The fraction of sp³-hybridized carbons (Fsp3) is 0.950. The maximum atomic E-state index is 11.2. The predicted molar refractivity (Wildman–Crippen MR) is 97.3 cm³/mol. The number of carbonyl (C=O) groups is 1. The van der Waals surface area contributed by atoms with Crippen molar-refractivity contribution in [1.82, 2.24) is 0 Å². The number of hydrogen-bond donors (Lipinski definition) is 0. The van der Waals surface area contributed by atoms with Gasteiger partial charge in [-0.1, -0.05) is 96.8 Å². The molecule has 0 aliphatic rings. The minimum absolute atomic E-state index is 0.235. The molecule has 0 fully saturated rings. The standard InChI is InChI=1S/C20H40O3/c1-3-5-6-7-8-9-10-11-12-13-14-15-16-17-18-19-20(21)23-22-4-2/h3-19H2,1-2H3. The van der Waals surface area contributed by atoms with Crippen LogP contribution in [0, 0.1) is 0 Å². The summed E-state index contributed by atoms with van der Waals surface area (Å²) in [5, 5.41) is 0. The molecule has 138 valence electrons. The second-order valence-electron chi connectivity index (χ2n) is 6.56. The normalized spacial score (nSPS) is 10.9. The lowest BCUT2D eigenvalue weighted by molar-refractivity contribution is -0.269. The summed E-state index contributed by atoms with van der Waals surface area (Å²) in [5.74, 6) is -0.235. The summed E-state index contributed by atoms with van der Waals surface area (Å²) < 4.78 is 0. The van der Waals surface area contributed by atoms with Crippen LogP contribution in [-0.4, -0.2) is 12.6 Å². The Labute approximate surface area is 144 Å². The Morgan fingerprint density at radius 3 is 1.39 bits per heavy atom. The third-order valence-corrected chi connectivity index (χ3v) is 4.25. The van der Waals surface area contributed by atoms with Crippen LogP contribution in [0.3, 0.4) is 0 Å². The summed E-state index contributed by atoms with van der Waals surface area (Å²) in [6, 6.07) is 0. The second kappa shape index (κ2) is 19.5.